The van der Waals surface area contributed by atoms with Crippen LogP contribution in [0.3, 0.4) is 0 Å². The van der Waals surface area contributed by atoms with Crippen molar-refractivity contribution >= 4 is 17.2 Å². The molecule has 1 N–H and O–H groups in total. The molecule has 1 atom stereocenters. The molecule has 26 heavy (non-hydrogen) atoms. The lowest BCUT2D eigenvalue weighted by atomic mass is 10.1. The summed E-state index contributed by atoms with van der Waals surface area (Å²) in [5, 5.41) is 9.88. The summed E-state index contributed by atoms with van der Waals surface area (Å²) < 4.78 is 1.73. The fraction of sp³-hybridized carbons (Fsp3) is 0.316. The summed E-state index contributed by atoms with van der Waals surface area (Å²) in [6.07, 6.45) is 4.43. The quantitative estimate of drug-likeness (QED) is 0.695. The third-order valence-corrected chi connectivity index (χ3v) is 4.83. The Morgan fingerprint density at radius 2 is 2.08 bits per heavy atom. The Morgan fingerprint density at radius 3 is 2.73 bits per heavy atom. The van der Waals surface area contributed by atoms with Crippen LogP contribution in [-0.2, 0) is 13.5 Å². The highest BCUT2D eigenvalue weighted by atomic mass is 32.1. The van der Waals surface area contributed by atoms with Crippen LogP contribution in [0, 0.1) is 0 Å². The number of nitrogens with zero attached hydrogens (tertiary/aromatic N) is 4. The monoisotopic (exact) mass is 369 g/mol. The van der Waals surface area contributed by atoms with E-state index in [1.165, 1.54) is 16.9 Å². The molecule has 0 spiro atoms. The largest absolute Gasteiger partial charge is 0.346 e. The number of aromatic nitrogens is 3. The molecule has 7 heteroatoms. The molecule has 0 fully saturated rings. The minimum absolute atomic E-state index is 0.0171. The predicted octanol–water partition coefficient (Wildman–Crippen LogP) is 2.45. The summed E-state index contributed by atoms with van der Waals surface area (Å²) in [7, 11) is 5.88. The molecule has 0 aliphatic rings. The van der Waals surface area contributed by atoms with E-state index >= 15 is 0 Å². The van der Waals surface area contributed by atoms with Gasteiger partial charge in [0.05, 0.1) is 6.20 Å². The molecule has 0 radical (unpaired) electrons. The number of thiazole rings is 1. The van der Waals surface area contributed by atoms with Crippen LogP contribution in [0.4, 0.5) is 0 Å². The lowest BCUT2D eigenvalue weighted by molar-refractivity contribution is 0.0926. The van der Waals surface area contributed by atoms with Crippen molar-refractivity contribution in [3.8, 4) is 10.6 Å². The van der Waals surface area contributed by atoms with E-state index in [4.69, 9.17) is 0 Å². The Hall–Kier alpha value is -2.51. The van der Waals surface area contributed by atoms with Crippen LogP contribution < -0.4 is 5.32 Å². The van der Waals surface area contributed by atoms with E-state index in [9.17, 15) is 4.79 Å². The Balaban J connectivity index is 1.70. The third-order valence-electron chi connectivity index (χ3n) is 3.93. The molecule has 136 valence electrons. The summed E-state index contributed by atoms with van der Waals surface area (Å²) in [6, 6.07) is 10.2. The fourth-order valence-corrected chi connectivity index (χ4v) is 3.58. The van der Waals surface area contributed by atoms with Gasteiger partial charge >= 0.3 is 0 Å². The second-order valence-corrected chi connectivity index (χ2v) is 7.42. The van der Waals surface area contributed by atoms with Crippen molar-refractivity contribution in [3.63, 3.8) is 0 Å². The second-order valence-electron chi connectivity index (χ2n) is 6.56. The van der Waals surface area contributed by atoms with Crippen molar-refractivity contribution in [1.29, 1.82) is 0 Å². The van der Waals surface area contributed by atoms with E-state index < -0.39 is 0 Å². The van der Waals surface area contributed by atoms with Gasteiger partial charge in [-0.15, -0.1) is 11.3 Å². The van der Waals surface area contributed by atoms with E-state index in [1.54, 1.807) is 16.3 Å². The molecule has 3 rings (SSSR count). The number of carbonyl (C=O) groups is 1. The zero-order valence-corrected chi connectivity index (χ0v) is 16.0. The van der Waals surface area contributed by atoms with Crippen LogP contribution in [0.5, 0.6) is 0 Å². The number of likely N-dealkylation sites (N-methyl/N-ethyl adjacent to an activating group) is 1. The van der Waals surface area contributed by atoms with Crippen molar-refractivity contribution < 1.29 is 4.79 Å². The van der Waals surface area contributed by atoms with Crippen LogP contribution >= 0.6 is 11.3 Å². The van der Waals surface area contributed by atoms with Crippen molar-refractivity contribution in [2.75, 3.05) is 20.6 Å². The van der Waals surface area contributed by atoms with Gasteiger partial charge < -0.3 is 10.2 Å². The van der Waals surface area contributed by atoms with Crippen molar-refractivity contribution in [1.82, 2.24) is 25.0 Å². The van der Waals surface area contributed by atoms with Crippen LogP contribution in [0.2, 0.25) is 0 Å². The number of hydrogen-bond acceptors (Lipinski definition) is 5. The molecule has 1 aromatic carbocycles. The molecule has 0 aliphatic heterocycles. The number of carbonyl (C=O) groups excluding carboxylic acids is 1. The van der Waals surface area contributed by atoms with Gasteiger partial charge in [-0.25, -0.2) is 4.98 Å². The number of amides is 1. The molecule has 3 aromatic rings. The molecule has 1 unspecified atom stereocenters. The number of aryl methyl sites for hydroxylation is 1. The summed E-state index contributed by atoms with van der Waals surface area (Å²) >= 11 is 1.45. The predicted molar refractivity (Wildman–Crippen MR) is 104 cm³/mol. The molecular formula is C19H23N5OS. The van der Waals surface area contributed by atoms with Crippen LogP contribution in [-0.4, -0.2) is 52.3 Å². The number of nitrogens with one attached hydrogen (secondary N) is 1. The van der Waals surface area contributed by atoms with Gasteiger partial charge in [-0.1, -0.05) is 30.3 Å². The first-order chi connectivity index (χ1) is 12.5. The Labute approximate surface area is 157 Å². The van der Waals surface area contributed by atoms with E-state index in [0.717, 1.165) is 23.5 Å². The third kappa shape index (κ3) is 4.77. The normalized spacial score (nSPS) is 12.3. The maximum absolute atomic E-state index is 12.7. The molecule has 6 nitrogen and oxygen atoms in total. The van der Waals surface area contributed by atoms with Crippen molar-refractivity contribution in [2.24, 2.45) is 7.05 Å². The second kappa shape index (κ2) is 8.25. The molecule has 1 amide bonds. The molecular weight excluding hydrogens is 346 g/mol. The summed E-state index contributed by atoms with van der Waals surface area (Å²) in [5.41, 5.74) is 2.57. The van der Waals surface area contributed by atoms with E-state index in [2.05, 4.69) is 32.4 Å². The highest BCUT2D eigenvalue weighted by Gasteiger charge is 2.18. The van der Waals surface area contributed by atoms with Gasteiger partial charge in [0, 0.05) is 36.8 Å². The Kier molecular flexibility index (Phi) is 5.80. The first kappa shape index (κ1) is 18.3. The number of rotatable bonds is 7. The minimum atomic E-state index is -0.140. The zero-order valence-electron chi connectivity index (χ0n) is 15.2. The SMILES string of the molecule is CN(C)CC(Cc1ccccc1)NC(=O)c1csc(-c2cnn(C)c2)n1. The van der Waals surface area contributed by atoms with Gasteiger partial charge in [0.1, 0.15) is 10.7 Å². The van der Waals surface area contributed by atoms with Crippen LogP contribution in [0.25, 0.3) is 10.6 Å². The lowest BCUT2D eigenvalue weighted by Crippen LogP contribution is -2.43. The van der Waals surface area contributed by atoms with Crippen LogP contribution in [0.1, 0.15) is 16.1 Å². The van der Waals surface area contributed by atoms with Crippen LogP contribution in [0.15, 0.2) is 48.1 Å². The number of hydrogen-bond donors (Lipinski definition) is 1. The smallest absolute Gasteiger partial charge is 0.271 e. The van der Waals surface area contributed by atoms with Crippen molar-refractivity contribution in [3.05, 3.63) is 59.4 Å². The Bertz CT molecular complexity index is 856. The van der Waals surface area contributed by atoms with Gasteiger partial charge in [0.15, 0.2) is 0 Å². The number of benzene rings is 1. The highest BCUT2D eigenvalue weighted by molar-refractivity contribution is 7.13. The fourth-order valence-electron chi connectivity index (χ4n) is 2.80. The van der Waals surface area contributed by atoms with Gasteiger partial charge in [-0.2, -0.15) is 5.10 Å². The summed E-state index contributed by atoms with van der Waals surface area (Å²) in [6.45, 7) is 0.764. The molecule has 2 heterocycles. The molecule has 0 bridgehead atoms. The molecule has 0 saturated heterocycles. The topological polar surface area (TPSA) is 63.1 Å². The van der Waals surface area contributed by atoms with E-state index in [-0.39, 0.29) is 11.9 Å². The summed E-state index contributed by atoms with van der Waals surface area (Å²) in [4.78, 5) is 19.2. The van der Waals surface area contributed by atoms with Gasteiger partial charge in [0.25, 0.3) is 5.91 Å². The Morgan fingerprint density at radius 1 is 1.31 bits per heavy atom. The van der Waals surface area contributed by atoms with Gasteiger partial charge in [-0.3, -0.25) is 9.48 Å². The lowest BCUT2D eigenvalue weighted by Gasteiger charge is -2.22. The highest BCUT2D eigenvalue weighted by Crippen LogP contribution is 2.23. The molecule has 0 saturated carbocycles. The van der Waals surface area contributed by atoms with Crippen molar-refractivity contribution in [2.45, 2.75) is 12.5 Å². The van der Waals surface area contributed by atoms with E-state index in [0.29, 0.717) is 5.69 Å². The maximum Gasteiger partial charge on any atom is 0.271 e. The minimum Gasteiger partial charge on any atom is -0.346 e. The first-order valence-electron chi connectivity index (χ1n) is 8.45. The molecule has 0 aliphatic carbocycles. The standard InChI is InChI=1S/C19H23N5OS/c1-23(2)12-16(9-14-7-5-4-6-8-14)21-18(25)17-13-26-19(22-17)15-10-20-24(3)11-15/h4-8,10-11,13,16H,9,12H2,1-3H3,(H,21,25). The maximum atomic E-state index is 12.7. The average Bonchev–Trinajstić information content (AvgIpc) is 3.24. The summed E-state index contributed by atoms with van der Waals surface area (Å²) in [5.74, 6) is -0.140. The first-order valence-corrected chi connectivity index (χ1v) is 9.33. The van der Waals surface area contributed by atoms with Gasteiger partial charge in [-0.05, 0) is 26.1 Å². The van der Waals surface area contributed by atoms with E-state index in [1.807, 2.05) is 45.5 Å². The van der Waals surface area contributed by atoms with Gasteiger partial charge in [0.2, 0.25) is 0 Å². The molecule has 2 aromatic heterocycles. The average molecular weight is 369 g/mol. The zero-order chi connectivity index (χ0) is 18.5.